The van der Waals surface area contributed by atoms with Gasteiger partial charge in [0.2, 0.25) is 0 Å². The van der Waals surface area contributed by atoms with Crippen LogP contribution in [-0.2, 0) is 11.3 Å². The summed E-state index contributed by atoms with van der Waals surface area (Å²) in [6, 6.07) is 0. The second-order valence-electron chi connectivity index (χ2n) is 3.77. The summed E-state index contributed by atoms with van der Waals surface area (Å²) in [5.74, 6) is 0.599. The Morgan fingerprint density at radius 2 is 2.57 bits per heavy atom. The fourth-order valence-corrected chi connectivity index (χ4v) is 2.51. The second-order valence-corrected chi connectivity index (χ2v) is 8.25. The fourth-order valence-electron chi connectivity index (χ4n) is 1.31. The van der Waals surface area contributed by atoms with Gasteiger partial charge in [-0.15, -0.1) is 0 Å². The summed E-state index contributed by atoms with van der Waals surface area (Å²) >= 11 is 0.407. The van der Waals surface area contributed by atoms with E-state index in [0.29, 0.717) is 61.4 Å². The zero-order valence-electron chi connectivity index (χ0n) is 8.06. The topological polar surface area (TPSA) is 73.5 Å². The third kappa shape index (κ3) is 2.30. The molecule has 0 bridgehead atoms. The van der Waals surface area contributed by atoms with Crippen molar-refractivity contribution < 1.29 is 9.66 Å². The monoisotopic (exact) mass is 267 g/mol. The van der Waals surface area contributed by atoms with Gasteiger partial charge in [0.05, 0.1) is 0 Å². The van der Waals surface area contributed by atoms with Crippen molar-refractivity contribution in [1.82, 2.24) is 9.55 Å². The molecule has 0 radical (unpaired) electrons. The first kappa shape index (κ1) is 10.9. The van der Waals surface area contributed by atoms with Gasteiger partial charge in [-0.05, 0) is 0 Å². The Kier molecular flexibility index (Phi) is 2.91. The van der Waals surface area contributed by atoms with Crippen LogP contribution in [0.2, 0.25) is 0 Å². The summed E-state index contributed by atoms with van der Waals surface area (Å²) in [7, 11) is 0. The molecule has 7 heteroatoms. The predicted molar refractivity (Wildman–Crippen MR) is 48.1 cm³/mol. The SMILES string of the molecule is Cc1nc([N+](=O)[O-])cn1C[C@]1([Rb])CO1. The Bertz CT molecular complexity index is 386. The number of imidazole rings is 1. The van der Waals surface area contributed by atoms with Crippen LogP contribution < -0.4 is 0 Å². The van der Waals surface area contributed by atoms with Crippen molar-refractivity contribution in [3.05, 3.63) is 22.1 Å². The van der Waals surface area contributed by atoms with E-state index in [2.05, 4.69) is 4.98 Å². The van der Waals surface area contributed by atoms with Crippen LogP contribution in [0.15, 0.2) is 6.20 Å². The van der Waals surface area contributed by atoms with Crippen LogP contribution >= 0.6 is 0 Å². The number of aryl methyl sites for hydroxylation is 1. The first-order valence-electron chi connectivity index (χ1n) is 4.32. The van der Waals surface area contributed by atoms with Crippen LogP contribution in [0.1, 0.15) is 5.82 Å². The summed E-state index contributed by atoms with van der Waals surface area (Å²) in [5, 5.41) is 10.5. The summed E-state index contributed by atoms with van der Waals surface area (Å²) in [6.07, 6.45) is 1.48. The van der Waals surface area contributed by atoms with Crippen LogP contribution in [0.25, 0.3) is 0 Å². The molecule has 0 saturated carbocycles. The Labute approximate surface area is 119 Å². The Balaban J connectivity index is 2.21. The molecule has 0 amide bonds. The first-order chi connectivity index (χ1) is 6.50. The molecule has 2 heterocycles. The number of aromatic nitrogens is 2. The average molecular weight is 268 g/mol. The Hall–Kier alpha value is 0.375. The molecule has 1 aromatic rings. The van der Waals surface area contributed by atoms with Gasteiger partial charge in [0.15, 0.2) is 0 Å². The molecule has 6 nitrogen and oxygen atoms in total. The molecule has 0 aliphatic carbocycles. The molecule has 1 aliphatic rings. The van der Waals surface area contributed by atoms with E-state index in [4.69, 9.17) is 4.74 Å². The van der Waals surface area contributed by atoms with Crippen molar-refractivity contribution in [3.8, 4) is 0 Å². The van der Waals surface area contributed by atoms with Crippen LogP contribution in [0, 0.1) is 17.0 Å². The number of nitro groups is 1. The maximum atomic E-state index is 10.5. The number of ether oxygens (including phenoxy) is 1. The van der Waals surface area contributed by atoms with Crippen LogP contribution in [0.3, 0.4) is 0 Å². The van der Waals surface area contributed by atoms with Crippen molar-refractivity contribution in [1.29, 1.82) is 0 Å². The Morgan fingerprint density at radius 1 is 1.93 bits per heavy atom. The molecule has 1 aliphatic heterocycles. The molecule has 1 saturated heterocycles. The third-order valence-electron chi connectivity index (χ3n) is 2.29. The number of hydrogen-bond acceptors (Lipinski definition) is 4. The number of epoxide rings is 1. The van der Waals surface area contributed by atoms with Gasteiger partial charge in [-0.3, -0.25) is 0 Å². The molecule has 14 heavy (non-hydrogen) atoms. The molecule has 2 rings (SSSR count). The van der Waals surface area contributed by atoms with Gasteiger partial charge < -0.3 is 0 Å². The van der Waals surface area contributed by atoms with Gasteiger partial charge in [0.25, 0.3) is 0 Å². The molecular formula is C7H8N3O3Rb. The summed E-state index contributed by atoms with van der Waals surface area (Å²) in [6.45, 7) is 3.29. The fraction of sp³-hybridized carbons (Fsp3) is 0.571. The van der Waals surface area contributed by atoms with E-state index in [-0.39, 0.29) is 4.49 Å². The first-order valence-corrected chi connectivity index (χ1v) is 6.78. The minimum absolute atomic E-state index is 0.0566. The maximum absolute atomic E-state index is 10.5. The summed E-state index contributed by atoms with van der Waals surface area (Å²) in [5.41, 5.74) is 0. The van der Waals surface area contributed by atoms with Crippen molar-refractivity contribution in [2.75, 3.05) is 6.61 Å². The van der Waals surface area contributed by atoms with E-state index in [1.165, 1.54) is 6.20 Å². The second kappa shape index (κ2) is 3.75. The standard InChI is InChI=1S/C7H8N3O3.Rb/c1-5-8-7(10(11)12)3-9(5)2-6-4-13-6;/h3H,2,4H2,1H3;. The van der Waals surface area contributed by atoms with Gasteiger partial charge in [0, 0.05) is 0 Å². The zero-order chi connectivity index (χ0) is 10.3. The minimum atomic E-state index is -0.469. The predicted octanol–water partition coefficient (Wildman–Crippen LogP) is -0.00528. The van der Waals surface area contributed by atoms with E-state index < -0.39 is 4.92 Å². The normalized spacial score (nSPS) is 25.1. The molecule has 70 valence electrons. The van der Waals surface area contributed by atoms with Crippen LogP contribution in [-0.4, -0.2) is 75.3 Å². The van der Waals surface area contributed by atoms with E-state index in [1.807, 2.05) is 4.57 Å². The van der Waals surface area contributed by atoms with Gasteiger partial charge in [-0.25, -0.2) is 0 Å². The molecule has 0 aromatic carbocycles. The van der Waals surface area contributed by atoms with E-state index in [9.17, 15) is 10.1 Å². The van der Waals surface area contributed by atoms with E-state index >= 15 is 0 Å². The van der Waals surface area contributed by atoms with E-state index in [0.717, 1.165) is 13.2 Å². The molecule has 0 unspecified atom stereocenters. The zero-order valence-corrected chi connectivity index (χ0v) is 13.0. The van der Waals surface area contributed by atoms with Crippen molar-refractivity contribution in [2.24, 2.45) is 0 Å². The van der Waals surface area contributed by atoms with Gasteiger partial charge in [-0.2, -0.15) is 0 Å². The van der Waals surface area contributed by atoms with Crippen LogP contribution in [0.5, 0.6) is 0 Å². The van der Waals surface area contributed by atoms with Crippen molar-refractivity contribution in [3.63, 3.8) is 0 Å². The van der Waals surface area contributed by atoms with E-state index in [1.54, 1.807) is 6.92 Å². The number of rotatable bonds is 3. The number of hydrogen-bond donors (Lipinski definition) is 0. The van der Waals surface area contributed by atoms with Crippen molar-refractivity contribution in [2.45, 2.75) is 12.1 Å². The molecule has 1 atom stereocenters. The van der Waals surface area contributed by atoms with Crippen molar-refractivity contribution >= 4 is 61.4 Å². The van der Waals surface area contributed by atoms with Crippen LogP contribution in [0.4, 0.5) is 5.82 Å². The summed E-state index contributed by atoms with van der Waals surface area (Å²) in [4.78, 5) is 13.8. The molecular weight excluding hydrogens is 260 g/mol. The van der Waals surface area contributed by atoms with Gasteiger partial charge in [-0.1, -0.05) is 0 Å². The number of nitrogens with zero attached hydrogens (tertiary/aromatic N) is 3. The average Bonchev–Trinajstić information content (AvgIpc) is 2.69. The Morgan fingerprint density at radius 3 is 3.00 bits per heavy atom. The van der Waals surface area contributed by atoms with Gasteiger partial charge in [0.1, 0.15) is 0 Å². The summed E-state index contributed by atoms with van der Waals surface area (Å²) < 4.78 is 7.16. The molecule has 0 spiro atoms. The molecule has 1 aromatic heterocycles. The molecule has 0 N–H and O–H groups in total. The molecule has 1 fully saturated rings. The third-order valence-corrected chi connectivity index (χ3v) is 4.49. The quantitative estimate of drug-likeness (QED) is 0.439. The van der Waals surface area contributed by atoms with Gasteiger partial charge >= 0.3 is 121 Å².